The number of amides is 1. The summed E-state index contributed by atoms with van der Waals surface area (Å²) in [6.07, 6.45) is 4.04. The third-order valence-corrected chi connectivity index (χ3v) is 4.19. The van der Waals surface area contributed by atoms with Crippen LogP contribution >= 0.6 is 23.5 Å². The lowest BCUT2D eigenvalue weighted by Gasteiger charge is -2.06. The Balaban J connectivity index is 2.06. The average Bonchev–Trinajstić information content (AvgIpc) is 2.48. The average molecular weight is 289 g/mol. The Labute approximate surface area is 122 Å². The minimum absolute atomic E-state index is 0.0791. The highest BCUT2D eigenvalue weighted by Crippen LogP contribution is 2.19. The fourth-order valence-electron chi connectivity index (χ4n) is 1.62. The SMILES string of the molecule is CSc1ccc(NC(=O)c2ccc(SC)cc2)cc1. The molecule has 2 aromatic carbocycles. The Bertz CT molecular complexity index is 549. The summed E-state index contributed by atoms with van der Waals surface area (Å²) < 4.78 is 0. The van der Waals surface area contributed by atoms with E-state index in [1.54, 1.807) is 23.5 Å². The van der Waals surface area contributed by atoms with Crippen LogP contribution in [0.15, 0.2) is 58.3 Å². The van der Waals surface area contributed by atoms with Crippen LogP contribution in [-0.4, -0.2) is 18.4 Å². The molecule has 0 aliphatic heterocycles. The molecule has 1 amide bonds. The van der Waals surface area contributed by atoms with Crippen LogP contribution in [0.4, 0.5) is 5.69 Å². The number of carbonyl (C=O) groups excluding carboxylic acids is 1. The van der Waals surface area contributed by atoms with Gasteiger partial charge in [-0.25, -0.2) is 0 Å². The summed E-state index contributed by atoms with van der Waals surface area (Å²) in [5.74, 6) is -0.0791. The summed E-state index contributed by atoms with van der Waals surface area (Å²) in [5, 5.41) is 2.89. The van der Waals surface area contributed by atoms with Gasteiger partial charge in [0, 0.05) is 21.0 Å². The molecule has 4 heteroatoms. The van der Waals surface area contributed by atoms with Gasteiger partial charge in [0.15, 0.2) is 0 Å². The lowest BCUT2D eigenvalue weighted by molar-refractivity contribution is 0.102. The number of rotatable bonds is 4. The first-order valence-electron chi connectivity index (χ1n) is 5.82. The van der Waals surface area contributed by atoms with Gasteiger partial charge < -0.3 is 5.32 Å². The number of hydrogen-bond donors (Lipinski definition) is 1. The van der Waals surface area contributed by atoms with Gasteiger partial charge in [-0.2, -0.15) is 0 Å². The number of hydrogen-bond acceptors (Lipinski definition) is 3. The van der Waals surface area contributed by atoms with Crippen molar-refractivity contribution in [3.8, 4) is 0 Å². The standard InChI is InChI=1S/C15H15NOS2/c1-18-13-7-3-11(4-8-13)15(17)16-12-5-9-14(19-2)10-6-12/h3-10H,1-2H3,(H,16,17). The molecule has 0 aliphatic carbocycles. The van der Waals surface area contributed by atoms with E-state index >= 15 is 0 Å². The van der Waals surface area contributed by atoms with Crippen LogP contribution in [0, 0.1) is 0 Å². The smallest absolute Gasteiger partial charge is 0.255 e. The maximum absolute atomic E-state index is 12.0. The molecule has 0 spiro atoms. The molecule has 0 heterocycles. The second-order valence-corrected chi connectivity index (χ2v) is 5.67. The van der Waals surface area contributed by atoms with Gasteiger partial charge in [0.1, 0.15) is 0 Å². The first-order valence-corrected chi connectivity index (χ1v) is 8.27. The van der Waals surface area contributed by atoms with Gasteiger partial charge in [-0.3, -0.25) is 4.79 Å². The van der Waals surface area contributed by atoms with Crippen molar-refractivity contribution in [3.63, 3.8) is 0 Å². The fraction of sp³-hybridized carbons (Fsp3) is 0.133. The molecule has 0 saturated heterocycles. The summed E-state index contributed by atoms with van der Waals surface area (Å²) in [7, 11) is 0. The van der Waals surface area contributed by atoms with Crippen molar-refractivity contribution >= 4 is 35.1 Å². The fourth-order valence-corrected chi connectivity index (χ4v) is 2.44. The Hall–Kier alpha value is -1.39. The van der Waals surface area contributed by atoms with Crippen molar-refractivity contribution in [2.45, 2.75) is 9.79 Å². The molecule has 0 unspecified atom stereocenters. The van der Waals surface area contributed by atoms with E-state index in [1.807, 2.05) is 61.0 Å². The number of carbonyl (C=O) groups is 1. The molecule has 98 valence electrons. The second kappa shape index (κ2) is 6.68. The van der Waals surface area contributed by atoms with E-state index < -0.39 is 0 Å². The molecule has 2 aromatic rings. The third-order valence-electron chi connectivity index (χ3n) is 2.70. The van der Waals surface area contributed by atoms with Gasteiger partial charge in [-0.05, 0) is 61.0 Å². The van der Waals surface area contributed by atoms with Crippen molar-refractivity contribution in [1.29, 1.82) is 0 Å². The van der Waals surface area contributed by atoms with Gasteiger partial charge in [0.25, 0.3) is 5.91 Å². The van der Waals surface area contributed by atoms with Crippen molar-refractivity contribution < 1.29 is 4.79 Å². The second-order valence-electron chi connectivity index (χ2n) is 3.91. The van der Waals surface area contributed by atoms with E-state index in [1.165, 1.54) is 4.90 Å². The zero-order valence-electron chi connectivity index (χ0n) is 10.8. The van der Waals surface area contributed by atoms with Crippen molar-refractivity contribution in [2.75, 3.05) is 17.8 Å². The van der Waals surface area contributed by atoms with Crippen LogP contribution < -0.4 is 5.32 Å². The number of thioether (sulfide) groups is 2. The minimum Gasteiger partial charge on any atom is -0.322 e. The first kappa shape index (κ1) is 14.0. The van der Waals surface area contributed by atoms with Crippen LogP contribution in [0.2, 0.25) is 0 Å². The van der Waals surface area contributed by atoms with Gasteiger partial charge in [-0.1, -0.05) is 0 Å². The van der Waals surface area contributed by atoms with Gasteiger partial charge >= 0.3 is 0 Å². The van der Waals surface area contributed by atoms with Crippen molar-refractivity contribution in [3.05, 3.63) is 54.1 Å². The van der Waals surface area contributed by atoms with Crippen LogP contribution in [0.25, 0.3) is 0 Å². The highest BCUT2D eigenvalue weighted by Gasteiger charge is 2.05. The number of nitrogens with one attached hydrogen (secondary N) is 1. The molecule has 1 N–H and O–H groups in total. The largest absolute Gasteiger partial charge is 0.322 e. The van der Waals surface area contributed by atoms with E-state index in [0.717, 1.165) is 10.6 Å². The molecule has 0 saturated carbocycles. The minimum atomic E-state index is -0.0791. The lowest BCUT2D eigenvalue weighted by atomic mass is 10.2. The number of benzene rings is 2. The Morgan fingerprint density at radius 1 is 0.842 bits per heavy atom. The van der Waals surface area contributed by atoms with Crippen LogP contribution in [-0.2, 0) is 0 Å². The maximum Gasteiger partial charge on any atom is 0.255 e. The molecule has 19 heavy (non-hydrogen) atoms. The normalized spacial score (nSPS) is 10.2. The van der Waals surface area contributed by atoms with Crippen molar-refractivity contribution in [2.24, 2.45) is 0 Å². The van der Waals surface area contributed by atoms with Gasteiger partial charge in [0.05, 0.1) is 0 Å². The summed E-state index contributed by atoms with van der Waals surface area (Å²) in [6.45, 7) is 0. The quantitative estimate of drug-likeness (QED) is 0.847. The molecule has 2 rings (SSSR count). The van der Waals surface area contributed by atoms with E-state index in [-0.39, 0.29) is 5.91 Å². The molecule has 0 radical (unpaired) electrons. The van der Waals surface area contributed by atoms with E-state index in [0.29, 0.717) is 5.56 Å². The van der Waals surface area contributed by atoms with Crippen molar-refractivity contribution in [1.82, 2.24) is 0 Å². The molecular formula is C15H15NOS2. The predicted molar refractivity (Wildman–Crippen MR) is 84.4 cm³/mol. The summed E-state index contributed by atoms with van der Waals surface area (Å²) in [4.78, 5) is 14.4. The van der Waals surface area contributed by atoms with E-state index in [9.17, 15) is 4.79 Å². The molecule has 2 nitrogen and oxygen atoms in total. The molecule has 0 bridgehead atoms. The maximum atomic E-state index is 12.0. The molecule has 0 fully saturated rings. The predicted octanol–water partition coefficient (Wildman–Crippen LogP) is 4.38. The zero-order valence-corrected chi connectivity index (χ0v) is 12.5. The van der Waals surface area contributed by atoms with Gasteiger partial charge in [-0.15, -0.1) is 23.5 Å². The van der Waals surface area contributed by atoms with E-state index in [2.05, 4.69) is 5.32 Å². The third kappa shape index (κ3) is 3.78. The molecule has 0 aromatic heterocycles. The Morgan fingerprint density at radius 2 is 1.32 bits per heavy atom. The van der Waals surface area contributed by atoms with Crippen LogP contribution in [0.5, 0.6) is 0 Å². The summed E-state index contributed by atoms with van der Waals surface area (Å²) >= 11 is 3.35. The highest BCUT2D eigenvalue weighted by molar-refractivity contribution is 7.98. The first-order chi connectivity index (χ1) is 9.22. The summed E-state index contributed by atoms with van der Waals surface area (Å²) in [5.41, 5.74) is 1.49. The lowest BCUT2D eigenvalue weighted by Crippen LogP contribution is -2.11. The molecule has 0 aliphatic rings. The van der Waals surface area contributed by atoms with Crippen LogP contribution in [0.1, 0.15) is 10.4 Å². The number of anilines is 1. The topological polar surface area (TPSA) is 29.1 Å². The Morgan fingerprint density at radius 3 is 1.79 bits per heavy atom. The summed E-state index contributed by atoms with van der Waals surface area (Å²) in [6, 6.07) is 15.4. The van der Waals surface area contributed by atoms with Crippen LogP contribution in [0.3, 0.4) is 0 Å². The Kier molecular flexibility index (Phi) is 4.93. The zero-order chi connectivity index (χ0) is 13.7. The highest BCUT2D eigenvalue weighted by atomic mass is 32.2. The molecular weight excluding hydrogens is 274 g/mol. The van der Waals surface area contributed by atoms with E-state index in [4.69, 9.17) is 0 Å². The molecule has 0 atom stereocenters. The van der Waals surface area contributed by atoms with Gasteiger partial charge in [0.2, 0.25) is 0 Å². The monoisotopic (exact) mass is 289 g/mol.